The molecular weight excluding hydrogens is 190 g/mol. The van der Waals surface area contributed by atoms with Crippen LogP contribution in [0.25, 0.3) is 0 Å². The number of rotatable bonds is 2. The third kappa shape index (κ3) is 2.02. The van der Waals surface area contributed by atoms with Gasteiger partial charge in [-0.05, 0) is 25.2 Å². The Labute approximate surface area is 89.3 Å². The normalized spacial score (nSPS) is 25.5. The molecular formula is C10H17N5. The van der Waals surface area contributed by atoms with Gasteiger partial charge in [-0.1, -0.05) is 0 Å². The molecule has 0 aromatic carbocycles. The van der Waals surface area contributed by atoms with Crippen LogP contribution in [0.4, 0.5) is 11.8 Å². The second kappa shape index (κ2) is 4.02. The van der Waals surface area contributed by atoms with Gasteiger partial charge in [0.05, 0.1) is 0 Å². The summed E-state index contributed by atoms with van der Waals surface area (Å²) in [5, 5.41) is 3.06. The van der Waals surface area contributed by atoms with Crippen molar-refractivity contribution in [1.29, 1.82) is 0 Å². The van der Waals surface area contributed by atoms with Crippen LogP contribution >= 0.6 is 0 Å². The second-order valence-electron chi connectivity index (χ2n) is 4.05. The zero-order valence-electron chi connectivity index (χ0n) is 8.90. The first-order valence-corrected chi connectivity index (χ1v) is 5.26. The van der Waals surface area contributed by atoms with Crippen molar-refractivity contribution >= 4 is 11.8 Å². The molecule has 2 atom stereocenters. The molecule has 1 aromatic rings. The molecule has 1 aliphatic rings. The first-order valence-electron chi connectivity index (χ1n) is 5.26. The summed E-state index contributed by atoms with van der Waals surface area (Å²) < 4.78 is 0. The third-order valence-corrected chi connectivity index (χ3v) is 2.99. The van der Waals surface area contributed by atoms with Crippen molar-refractivity contribution in [2.75, 3.05) is 18.1 Å². The molecule has 0 radical (unpaired) electrons. The number of hydrogen-bond donors (Lipinski definition) is 3. The molecule has 82 valence electrons. The Kier molecular flexibility index (Phi) is 2.73. The quantitative estimate of drug-likeness (QED) is 0.664. The van der Waals surface area contributed by atoms with Crippen LogP contribution in [0.2, 0.25) is 0 Å². The van der Waals surface area contributed by atoms with Gasteiger partial charge in [-0.15, -0.1) is 0 Å². The van der Waals surface area contributed by atoms with Crippen LogP contribution in [0.1, 0.15) is 30.7 Å². The molecule has 15 heavy (non-hydrogen) atoms. The molecule has 5 nitrogen and oxygen atoms in total. The fraction of sp³-hybridized carbons (Fsp3) is 0.600. The van der Waals surface area contributed by atoms with Gasteiger partial charge in [-0.25, -0.2) is 4.98 Å². The Morgan fingerprint density at radius 2 is 2.27 bits per heavy atom. The minimum atomic E-state index is 0.311. The van der Waals surface area contributed by atoms with E-state index in [2.05, 4.69) is 15.3 Å². The maximum atomic E-state index is 5.90. The number of nitrogens with zero attached hydrogens (tertiary/aromatic N) is 2. The highest BCUT2D eigenvalue weighted by atomic mass is 15.1. The molecule has 1 fully saturated rings. The van der Waals surface area contributed by atoms with Crippen LogP contribution in [0, 0.1) is 0 Å². The van der Waals surface area contributed by atoms with E-state index in [1.54, 1.807) is 0 Å². The van der Waals surface area contributed by atoms with Gasteiger partial charge in [-0.3, -0.25) is 0 Å². The van der Waals surface area contributed by atoms with Gasteiger partial charge in [0.2, 0.25) is 5.95 Å². The summed E-state index contributed by atoms with van der Waals surface area (Å²) in [5.41, 5.74) is 12.6. The van der Waals surface area contributed by atoms with Crippen molar-refractivity contribution in [3.05, 3.63) is 11.8 Å². The van der Waals surface area contributed by atoms with Gasteiger partial charge in [0.1, 0.15) is 5.82 Å². The van der Waals surface area contributed by atoms with Crippen LogP contribution in [0.5, 0.6) is 0 Å². The number of hydrogen-bond acceptors (Lipinski definition) is 5. The fourth-order valence-corrected chi connectivity index (χ4v) is 2.20. The first-order chi connectivity index (χ1) is 7.20. The van der Waals surface area contributed by atoms with E-state index in [-0.39, 0.29) is 0 Å². The maximum Gasteiger partial charge on any atom is 0.221 e. The second-order valence-corrected chi connectivity index (χ2v) is 4.05. The zero-order chi connectivity index (χ0) is 10.8. The predicted molar refractivity (Wildman–Crippen MR) is 60.6 cm³/mol. The van der Waals surface area contributed by atoms with E-state index in [0.717, 1.165) is 30.6 Å². The summed E-state index contributed by atoms with van der Waals surface area (Å²) in [6.45, 7) is 0. The summed E-state index contributed by atoms with van der Waals surface area (Å²) >= 11 is 0. The van der Waals surface area contributed by atoms with E-state index in [1.807, 2.05) is 13.2 Å². The fourth-order valence-electron chi connectivity index (χ4n) is 2.20. The zero-order valence-corrected chi connectivity index (χ0v) is 8.90. The average Bonchev–Trinajstić information content (AvgIpc) is 2.64. The van der Waals surface area contributed by atoms with Crippen molar-refractivity contribution in [2.24, 2.45) is 5.73 Å². The van der Waals surface area contributed by atoms with Crippen molar-refractivity contribution in [3.63, 3.8) is 0 Å². The number of aromatic nitrogens is 2. The molecule has 5 N–H and O–H groups in total. The van der Waals surface area contributed by atoms with Gasteiger partial charge in [0, 0.05) is 24.8 Å². The van der Waals surface area contributed by atoms with Gasteiger partial charge in [-0.2, -0.15) is 4.98 Å². The van der Waals surface area contributed by atoms with Gasteiger partial charge in [0.15, 0.2) is 0 Å². The van der Waals surface area contributed by atoms with E-state index in [9.17, 15) is 0 Å². The molecule has 5 heteroatoms. The Morgan fingerprint density at radius 3 is 2.87 bits per heavy atom. The highest BCUT2D eigenvalue weighted by Crippen LogP contribution is 2.36. The lowest BCUT2D eigenvalue weighted by Crippen LogP contribution is -2.15. The SMILES string of the molecule is CNc1nc(N)ncc1[C@@H]1CC[C@H](N)C1. The van der Waals surface area contributed by atoms with Crippen LogP contribution in [0.15, 0.2) is 6.20 Å². The minimum Gasteiger partial charge on any atom is -0.373 e. The number of nitrogens with one attached hydrogen (secondary N) is 1. The molecule has 1 saturated carbocycles. The van der Waals surface area contributed by atoms with E-state index in [0.29, 0.717) is 17.9 Å². The van der Waals surface area contributed by atoms with E-state index < -0.39 is 0 Å². The molecule has 0 unspecified atom stereocenters. The summed E-state index contributed by atoms with van der Waals surface area (Å²) in [6.07, 6.45) is 5.03. The summed E-state index contributed by atoms with van der Waals surface area (Å²) in [4.78, 5) is 8.22. The Balaban J connectivity index is 2.27. The van der Waals surface area contributed by atoms with Gasteiger partial charge in [0.25, 0.3) is 0 Å². The molecule has 1 aromatic heterocycles. The molecule has 2 rings (SSSR count). The monoisotopic (exact) mass is 207 g/mol. The van der Waals surface area contributed by atoms with Crippen molar-refractivity contribution in [3.8, 4) is 0 Å². The molecule has 1 aliphatic carbocycles. The first kappa shape index (κ1) is 10.2. The standard InChI is InChI=1S/C10H17N5/c1-13-9-8(5-14-10(12)15-9)6-2-3-7(11)4-6/h5-7H,2-4,11H2,1H3,(H3,12,13,14,15)/t6-,7+/m1/s1. The third-order valence-electron chi connectivity index (χ3n) is 2.99. The largest absolute Gasteiger partial charge is 0.373 e. The highest BCUT2D eigenvalue weighted by molar-refractivity contribution is 5.47. The highest BCUT2D eigenvalue weighted by Gasteiger charge is 2.25. The lowest BCUT2D eigenvalue weighted by Gasteiger charge is -2.13. The topological polar surface area (TPSA) is 89.8 Å². The van der Waals surface area contributed by atoms with E-state index in [1.165, 1.54) is 0 Å². The van der Waals surface area contributed by atoms with Crippen LogP contribution < -0.4 is 16.8 Å². The summed E-state index contributed by atoms with van der Waals surface area (Å²) in [7, 11) is 1.85. The lowest BCUT2D eigenvalue weighted by atomic mass is 9.99. The van der Waals surface area contributed by atoms with E-state index in [4.69, 9.17) is 11.5 Å². The van der Waals surface area contributed by atoms with Crippen LogP contribution in [-0.4, -0.2) is 23.1 Å². The van der Waals surface area contributed by atoms with Crippen molar-refractivity contribution in [1.82, 2.24) is 9.97 Å². The molecule has 0 saturated heterocycles. The number of nitrogen functional groups attached to an aromatic ring is 1. The molecule has 0 bridgehead atoms. The predicted octanol–water partition coefficient (Wildman–Crippen LogP) is 0.695. The average molecular weight is 207 g/mol. The summed E-state index contributed by atoms with van der Waals surface area (Å²) in [5.74, 6) is 1.62. The summed E-state index contributed by atoms with van der Waals surface area (Å²) in [6, 6.07) is 0.317. The smallest absolute Gasteiger partial charge is 0.221 e. The molecule has 0 aliphatic heterocycles. The number of anilines is 2. The van der Waals surface area contributed by atoms with Crippen molar-refractivity contribution in [2.45, 2.75) is 31.2 Å². The van der Waals surface area contributed by atoms with E-state index >= 15 is 0 Å². The maximum absolute atomic E-state index is 5.90. The Morgan fingerprint density at radius 1 is 1.47 bits per heavy atom. The Hall–Kier alpha value is -1.36. The Bertz CT molecular complexity index is 352. The van der Waals surface area contributed by atoms with Crippen LogP contribution in [-0.2, 0) is 0 Å². The van der Waals surface area contributed by atoms with Crippen LogP contribution in [0.3, 0.4) is 0 Å². The lowest BCUT2D eigenvalue weighted by molar-refractivity contribution is 0.672. The minimum absolute atomic E-state index is 0.311. The van der Waals surface area contributed by atoms with Crippen molar-refractivity contribution < 1.29 is 0 Å². The molecule has 1 heterocycles. The number of nitrogens with two attached hydrogens (primary N) is 2. The van der Waals surface area contributed by atoms with Gasteiger partial charge >= 0.3 is 0 Å². The molecule has 0 amide bonds. The molecule has 0 spiro atoms. The van der Waals surface area contributed by atoms with Gasteiger partial charge < -0.3 is 16.8 Å².